The summed E-state index contributed by atoms with van der Waals surface area (Å²) in [6, 6.07) is 10.8. The molecule has 0 radical (unpaired) electrons. The first-order chi connectivity index (χ1) is 10.8. The van der Waals surface area contributed by atoms with Crippen LogP contribution in [0.2, 0.25) is 5.02 Å². The van der Waals surface area contributed by atoms with Crippen molar-refractivity contribution in [3.05, 3.63) is 47.5 Å². The van der Waals surface area contributed by atoms with E-state index in [2.05, 4.69) is 15.0 Å². The Hall–Kier alpha value is -2.41. The van der Waals surface area contributed by atoms with Crippen molar-refractivity contribution in [1.29, 1.82) is 0 Å². The molecule has 0 aliphatic carbocycles. The van der Waals surface area contributed by atoms with Gasteiger partial charge in [0.05, 0.1) is 11.0 Å². The number of nitrogens with zero attached hydrogens (tertiary/aromatic N) is 2. The van der Waals surface area contributed by atoms with Crippen molar-refractivity contribution in [3.8, 4) is 5.75 Å². The van der Waals surface area contributed by atoms with E-state index in [9.17, 15) is 13.2 Å². The topological polar surface area (TPSA) is 39.1 Å². The summed E-state index contributed by atoms with van der Waals surface area (Å²) >= 11 is 5.94. The molecule has 0 fully saturated rings. The summed E-state index contributed by atoms with van der Waals surface area (Å²) < 4.78 is 42.0. The number of hydrogen-bond acceptors (Lipinski definition) is 3. The lowest BCUT2D eigenvalue weighted by molar-refractivity contribution is -0.274. The molecule has 0 saturated carbocycles. The van der Waals surface area contributed by atoms with E-state index in [4.69, 9.17) is 11.6 Å². The van der Waals surface area contributed by atoms with Crippen molar-refractivity contribution in [1.82, 2.24) is 9.55 Å². The Balaban J connectivity index is 1.83. The van der Waals surface area contributed by atoms with E-state index < -0.39 is 6.36 Å². The standard InChI is InChI=1S/C15H11ClF3N3O/c1-22-13-7-2-9(16)8-12(13)21-14(22)20-10-3-5-11(6-4-10)23-15(17,18)19/h2-8H,1H3,(H,20,21). The molecule has 8 heteroatoms. The zero-order valence-electron chi connectivity index (χ0n) is 11.9. The van der Waals surface area contributed by atoms with E-state index >= 15 is 0 Å². The SMILES string of the molecule is Cn1c(Nc2ccc(OC(F)(F)F)cc2)nc2cc(Cl)ccc21. The van der Waals surface area contributed by atoms with Gasteiger partial charge in [-0.05, 0) is 42.5 Å². The zero-order valence-corrected chi connectivity index (χ0v) is 12.6. The minimum Gasteiger partial charge on any atom is -0.406 e. The third-order valence-electron chi connectivity index (χ3n) is 3.19. The summed E-state index contributed by atoms with van der Waals surface area (Å²) in [5.41, 5.74) is 2.19. The fraction of sp³-hybridized carbons (Fsp3) is 0.133. The van der Waals surface area contributed by atoms with Crippen LogP contribution in [0, 0.1) is 0 Å². The Kier molecular flexibility index (Phi) is 3.81. The van der Waals surface area contributed by atoms with E-state index in [1.165, 1.54) is 24.3 Å². The number of fused-ring (bicyclic) bond motifs is 1. The minimum atomic E-state index is -4.70. The van der Waals surface area contributed by atoms with Gasteiger partial charge in [0.15, 0.2) is 0 Å². The molecule has 1 aromatic heterocycles. The third-order valence-corrected chi connectivity index (χ3v) is 3.42. The number of aromatic nitrogens is 2. The van der Waals surface area contributed by atoms with Crippen molar-refractivity contribution in [2.45, 2.75) is 6.36 Å². The first-order valence-electron chi connectivity index (χ1n) is 6.57. The van der Waals surface area contributed by atoms with Crippen LogP contribution in [0.3, 0.4) is 0 Å². The number of rotatable bonds is 3. The Labute approximate surface area is 134 Å². The average Bonchev–Trinajstić information content (AvgIpc) is 2.75. The van der Waals surface area contributed by atoms with Gasteiger partial charge in [0, 0.05) is 17.8 Å². The Morgan fingerprint density at radius 2 is 1.83 bits per heavy atom. The van der Waals surface area contributed by atoms with Crippen molar-refractivity contribution < 1.29 is 17.9 Å². The van der Waals surface area contributed by atoms with Gasteiger partial charge in [0.25, 0.3) is 0 Å². The second kappa shape index (κ2) is 5.66. The minimum absolute atomic E-state index is 0.278. The van der Waals surface area contributed by atoms with E-state index in [0.717, 1.165) is 11.0 Å². The van der Waals surface area contributed by atoms with Gasteiger partial charge >= 0.3 is 6.36 Å². The predicted molar refractivity (Wildman–Crippen MR) is 82.1 cm³/mol. The van der Waals surface area contributed by atoms with Crippen LogP contribution in [0.1, 0.15) is 0 Å². The first-order valence-corrected chi connectivity index (χ1v) is 6.94. The maximum atomic E-state index is 12.1. The van der Waals surface area contributed by atoms with Crippen LogP contribution in [0.25, 0.3) is 11.0 Å². The fourth-order valence-corrected chi connectivity index (χ4v) is 2.32. The molecule has 4 nitrogen and oxygen atoms in total. The molecule has 0 bridgehead atoms. The number of aryl methyl sites for hydroxylation is 1. The number of alkyl halides is 3. The Bertz CT molecular complexity index is 844. The van der Waals surface area contributed by atoms with Crippen LogP contribution in [-0.2, 0) is 7.05 Å². The Morgan fingerprint density at radius 3 is 2.48 bits per heavy atom. The molecule has 1 heterocycles. The van der Waals surface area contributed by atoms with Crippen LogP contribution in [0.5, 0.6) is 5.75 Å². The summed E-state index contributed by atoms with van der Waals surface area (Å²) in [7, 11) is 1.83. The van der Waals surface area contributed by atoms with Crippen LogP contribution in [0.15, 0.2) is 42.5 Å². The van der Waals surface area contributed by atoms with Gasteiger partial charge in [-0.1, -0.05) is 11.6 Å². The summed E-state index contributed by atoms with van der Waals surface area (Å²) in [6.07, 6.45) is -4.70. The normalized spacial score (nSPS) is 11.7. The monoisotopic (exact) mass is 341 g/mol. The predicted octanol–water partition coefficient (Wildman–Crippen LogP) is 4.87. The van der Waals surface area contributed by atoms with E-state index in [1.54, 1.807) is 12.1 Å². The number of anilines is 2. The second-order valence-corrected chi connectivity index (χ2v) is 5.26. The Morgan fingerprint density at radius 1 is 1.13 bits per heavy atom. The molecule has 120 valence electrons. The second-order valence-electron chi connectivity index (χ2n) is 4.82. The molecule has 0 aliphatic rings. The van der Waals surface area contributed by atoms with E-state index in [0.29, 0.717) is 16.7 Å². The molecule has 0 spiro atoms. The maximum absolute atomic E-state index is 12.1. The maximum Gasteiger partial charge on any atom is 0.573 e. The van der Waals surface area contributed by atoms with Crippen LogP contribution < -0.4 is 10.1 Å². The molecule has 0 amide bonds. The molecule has 3 rings (SSSR count). The highest BCUT2D eigenvalue weighted by molar-refractivity contribution is 6.31. The largest absolute Gasteiger partial charge is 0.573 e. The van der Waals surface area contributed by atoms with Crippen LogP contribution >= 0.6 is 11.6 Å². The molecule has 23 heavy (non-hydrogen) atoms. The molecular weight excluding hydrogens is 331 g/mol. The molecule has 2 aromatic carbocycles. The lowest BCUT2D eigenvalue weighted by atomic mass is 10.3. The number of imidazole rings is 1. The van der Waals surface area contributed by atoms with Gasteiger partial charge in [-0.2, -0.15) is 0 Å². The number of ether oxygens (including phenoxy) is 1. The number of benzene rings is 2. The number of nitrogens with one attached hydrogen (secondary N) is 1. The first kappa shape index (κ1) is 15.5. The molecule has 0 atom stereocenters. The van der Waals surface area contributed by atoms with Gasteiger partial charge in [-0.3, -0.25) is 0 Å². The van der Waals surface area contributed by atoms with E-state index in [-0.39, 0.29) is 5.75 Å². The third kappa shape index (κ3) is 3.50. The van der Waals surface area contributed by atoms with Gasteiger partial charge in [-0.15, -0.1) is 13.2 Å². The number of hydrogen-bond donors (Lipinski definition) is 1. The molecule has 0 unspecified atom stereocenters. The van der Waals surface area contributed by atoms with Crippen LogP contribution in [-0.4, -0.2) is 15.9 Å². The number of halogens is 4. The van der Waals surface area contributed by atoms with Gasteiger partial charge in [0.2, 0.25) is 5.95 Å². The summed E-state index contributed by atoms with van der Waals surface area (Å²) in [5.74, 6) is 0.270. The lowest BCUT2D eigenvalue weighted by Crippen LogP contribution is -2.17. The summed E-state index contributed by atoms with van der Waals surface area (Å²) in [6.45, 7) is 0. The van der Waals surface area contributed by atoms with Crippen molar-refractivity contribution in [3.63, 3.8) is 0 Å². The quantitative estimate of drug-likeness (QED) is 0.738. The van der Waals surface area contributed by atoms with E-state index in [1.807, 2.05) is 17.7 Å². The van der Waals surface area contributed by atoms with Gasteiger partial charge in [-0.25, -0.2) is 4.98 Å². The summed E-state index contributed by atoms with van der Waals surface area (Å²) in [4.78, 5) is 4.41. The summed E-state index contributed by atoms with van der Waals surface area (Å²) in [5, 5.41) is 3.62. The van der Waals surface area contributed by atoms with Crippen molar-refractivity contribution in [2.75, 3.05) is 5.32 Å². The molecule has 3 aromatic rings. The van der Waals surface area contributed by atoms with Gasteiger partial charge in [0.1, 0.15) is 5.75 Å². The molecule has 1 N–H and O–H groups in total. The lowest BCUT2D eigenvalue weighted by Gasteiger charge is -2.10. The zero-order chi connectivity index (χ0) is 16.6. The van der Waals surface area contributed by atoms with Crippen molar-refractivity contribution >= 4 is 34.3 Å². The molecule has 0 aliphatic heterocycles. The highest BCUT2D eigenvalue weighted by Gasteiger charge is 2.30. The van der Waals surface area contributed by atoms with Crippen molar-refractivity contribution in [2.24, 2.45) is 7.05 Å². The van der Waals surface area contributed by atoms with Gasteiger partial charge < -0.3 is 14.6 Å². The fourth-order valence-electron chi connectivity index (χ4n) is 2.15. The highest BCUT2D eigenvalue weighted by atomic mass is 35.5. The molecular formula is C15H11ClF3N3O. The molecule has 0 saturated heterocycles. The smallest absolute Gasteiger partial charge is 0.406 e. The van der Waals surface area contributed by atoms with Crippen LogP contribution in [0.4, 0.5) is 24.8 Å². The highest BCUT2D eigenvalue weighted by Crippen LogP contribution is 2.27. The average molecular weight is 342 g/mol.